The smallest absolute Gasteiger partial charge is 0.138 e. The van der Waals surface area contributed by atoms with Crippen LogP contribution in [0.4, 0.5) is 5.82 Å². The molecule has 33 heavy (non-hydrogen) atoms. The zero-order valence-electron chi connectivity index (χ0n) is 19.4. The molecule has 0 saturated carbocycles. The highest BCUT2D eigenvalue weighted by Crippen LogP contribution is 2.36. The van der Waals surface area contributed by atoms with Crippen LogP contribution in [0.3, 0.4) is 0 Å². The van der Waals surface area contributed by atoms with Gasteiger partial charge in [-0.25, -0.2) is 4.98 Å². The van der Waals surface area contributed by atoms with Crippen LogP contribution in [0.2, 0.25) is 0 Å². The summed E-state index contributed by atoms with van der Waals surface area (Å²) < 4.78 is 11.9. The van der Waals surface area contributed by atoms with Crippen molar-refractivity contribution in [1.29, 1.82) is 0 Å². The molecule has 0 amide bonds. The maximum absolute atomic E-state index is 6.15. The van der Waals surface area contributed by atoms with Crippen molar-refractivity contribution in [2.75, 3.05) is 25.1 Å². The van der Waals surface area contributed by atoms with Crippen LogP contribution in [-0.4, -0.2) is 36.3 Å². The van der Waals surface area contributed by atoms with E-state index < -0.39 is 0 Å². The third kappa shape index (κ3) is 4.55. The molecule has 0 bridgehead atoms. The molecule has 0 spiro atoms. The summed E-state index contributed by atoms with van der Waals surface area (Å²) in [6.45, 7) is 6.48. The Morgan fingerprint density at radius 1 is 0.939 bits per heavy atom. The normalized spacial score (nSPS) is 18.1. The Hall–Kier alpha value is -3.44. The molecule has 2 atom stereocenters. The van der Waals surface area contributed by atoms with E-state index in [9.17, 15) is 0 Å². The van der Waals surface area contributed by atoms with Gasteiger partial charge in [0.05, 0.1) is 17.3 Å². The molecule has 0 radical (unpaired) electrons. The highest BCUT2D eigenvalue weighted by molar-refractivity contribution is 5.89. The number of rotatable bonds is 6. The Bertz CT molecular complexity index is 1260. The number of aryl methyl sites for hydroxylation is 1. The molecule has 5 rings (SSSR count). The molecule has 5 nitrogen and oxygen atoms in total. The summed E-state index contributed by atoms with van der Waals surface area (Å²) in [5, 5.41) is 1.10. The summed E-state index contributed by atoms with van der Waals surface area (Å²) in [6.07, 6.45) is 0.196. The van der Waals surface area contributed by atoms with Crippen LogP contribution in [0.5, 0.6) is 5.75 Å². The van der Waals surface area contributed by atoms with Gasteiger partial charge in [0.1, 0.15) is 18.2 Å². The summed E-state index contributed by atoms with van der Waals surface area (Å²) in [4.78, 5) is 12.3. The van der Waals surface area contributed by atoms with E-state index in [0.717, 1.165) is 58.1 Å². The van der Waals surface area contributed by atoms with Crippen molar-refractivity contribution in [2.24, 2.45) is 5.92 Å². The van der Waals surface area contributed by atoms with Crippen LogP contribution in [0.1, 0.15) is 18.2 Å². The van der Waals surface area contributed by atoms with Crippen LogP contribution in [0, 0.1) is 12.8 Å². The van der Waals surface area contributed by atoms with Crippen LogP contribution in [0.25, 0.3) is 22.2 Å². The Morgan fingerprint density at radius 2 is 1.73 bits per heavy atom. The van der Waals surface area contributed by atoms with Gasteiger partial charge in [-0.1, -0.05) is 55.5 Å². The van der Waals surface area contributed by atoms with Gasteiger partial charge in [0, 0.05) is 54.9 Å². The third-order valence-corrected chi connectivity index (χ3v) is 6.30. The van der Waals surface area contributed by atoms with Crippen molar-refractivity contribution in [1.82, 2.24) is 9.97 Å². The lowest BCUT2D eigenvalue weighted by Crippen LogP contribution is -2.24. The van der Waals surface area contributed by atoms with E-state index in [2.05, 4.69) is 42.2 Å². The summed E-state index contributed by atoms with van der Waals surface area (Å²) >= 11 is 0. The van der Waals surface area contributed by atoms with Crippen molar-refractivity contribution in [3.05, 3.63) is 84.1 Å². The molecular formula is C28H29N3O2. The first-order chi connectivity index (χ1) is 16.1. The SMILES string of the molecule is CO[C@@H]1CN(c2nc3ccccc3cc2-c2cc(OCc3ccccc3)cc(C)n2)C[C@@H]1C. The molecule has 1 aliphatic rings. The molecule has 5 heteroatoms. The van der Waals surface area contributed by atoms with Crippen LogP contribution >= 0.6 is 0 Å². The zero-order chi connectivity index (χ0) is 22.8. The molecule has 0 N–H and O–H groups in total. The van der Waals surface area contributed by atoms with Crippen molar-refractivity contribution >= 4 is 16.7 Å². The molecule has 168 valence electrons. The van der Waals surface area contributed by atoms with E-state index in [-0.39, 0.29) is 6.10 Å². The number of ether oxygens (including phenoxy) is 2. The first-order valence-electron chi connectivity index (χ1n) is 11.4. The standard InChI is InChI=1S/C28H29N3O2/c1-19-16-31(17-27(19)32-3)28-24(14-22-11-7-8-12-25(22)30-28)26-15-23(13-20(2)29-26)33-18-21-9-5-4-6-10-21/h4-15,19,27H,16-18H2,1-3H3/t19-,27+/m0/s1. The maximum atomic E-state index is 6.15. The number of benzene rings is 2. The quantitative estimate of drug-likeness (QED) is 0.388. The van der Waals surface area contributed by atoms with Gasteiger partial charge >= 0.3 is 0 Å². The summed E-state index contributed by atoms with van der Waals surface area (Å²) in [6, 6.07) is 24.7. The van der Waals surface area contributed by atoms with E-state index in [1.54, 1.807) is 7.11 Å². The predicted octanol–water partition coefficient (Wildman–Crippen LogP) is 5.66. The Labute approximate surface area is 195 Å². The fraction of sp³-hybridized carbons (Fsp3) is 0.286. The number of hydrogen-bond acceptors (Lipinski definition) is 5. The zero-order valence-corrected chi connectivity index (χ0v) is 19.4. The molecule has 1 fully saturated rings. The molecule has 1 aliphatic heterocycles. The topological polar surface area (TPSA) is 47.5 Å². The molecule has 4 aromatic rings. The molecule has 0 aliphatic carbocycles. The average molecular weight is 440 g/mol. The van der Waals surface area contributed by atoms with Gasteiger partial charge in [-0.2, -0.15) is 0 Å². The Morgan fingerprint density at radius 3 is 2.52 bits per heavy atom. The van der Waals surface area contributed by atoms with E-state index in [1.807, 2.05) is 49.4 Å². The molecule has 0 unspecified atom stereocenters. The fourth-order valence-corrected chi connectivity index (χ4v) is 4.55. The minimum atomic E-state index is 0.196. The van der Waals surface area contributed by atoms with E-state index in [1.165, 1.54) is 0 Å². The average Bonchev–Trinajstić information content (AvgIpc) is 3.22. The number of nitrogens with zero attached hydrogens (tertiary/aromatic N) is 3. The number of aromatic nitrogens is 2. The first kappa shape index (κ1) is 21.4. The van der Waals surface area contributed by atoms with Gasteiger partial charge in [-0.05, 0) is 24.6 Å². The lowest BCUT2D eigenvalue weighted by Gasteiger charge is -2.22. The van der Waals surface area contributed by atoms with Crippen molar-refractivity contribution < 1.29 is 9.47 Å². The lowest BCUT2D eigenvalue weighted by molar-refractivity contribution is 0.0899. The molecule has 2 aromatic heterocycles. The molecular weight excluding hydrogens is 410 g/mol. The summed E-state index contributed by atoms with van der Waals surface area (Å²) in [7, 11) is 1.79. The number of para-hydroxylation sites is 1. The third-order valence-electron chi connectivity index (χ3n) is 6.30. The minimum Gasteiger partial charge on any atom is -0.489 e. The van der Waals surface area contributed by atoms with E-state index >= 15 is 0 Å². The maximum Gasteiger partial charge on any atom is 0.138 e. The highest BCUT2D eigenvalue weighted by atomic mass is 16.5. The van der Waals surface area contributed by atoms with E-state index in [0.29, 0.717) is 12.5 Å². The summed E-state index contributed by atoms with van der Waals surface area (Å²) in [5.74, 6) is 2.20. The molecule has 1 saturated heterocycles. The number of pyridine rings is 2. The van der Waals surface area contributed by atoms with Gasteiger partial charge in [0.15, 0.2) is 0 Å². The second-order valence-electron chi connectivity index (χ2n) is 8.81. The molecule has 3 heterocycles. The number of methoxy groups -OCH3 is 1. The number of hydrogen-bond donors (Lipinski definition) is 0. The highest BCUT2D eigenvalue weighted by Gasteiger charge is 2.32. The lowest BCUT2D eigenvalue weighted by atomic mass is 10.1. The van der Waals surface area contributed by atoms with Crippen molar-refractivity contribution in [2.45, 2.75) is 26.6 Å². The predicted molar refractivity (Wildman–Crippen MR) is 133 cm³/mol. The van der Waals surface area contributed by atoms with Gasteiger partial charge in [-0.15, -0.1) is 0 Å². The Kier molecular flexibility index (Phi) is 5.97. The largest absolute Gasteiger partial charge is 0.489 e. The first-order valence-corrected chi connectivity index (χ1v) is 11.4. The van der Waals surface area contributed by atoms with Gasteiger partial charge < -0.3 is 14.4 Å². The minimum absolute atomic E-state index is 0.196. The Balaban J connectivity index is 1.55. The fourth-order valence-electron chi connectivity index (χ4n) is 4.55. The van der Waals surface area contributed by atoms with Gasteiger partial charge in [0.25, 0.3) is 0 Å². The van der Waals surface area contributed by atoms with E-state index in [4.69, 9.17) is 19.4 Å². The van der Waals surface area contributed by atoms with Crippen molar-refractivity contribution in [3.63, 3.8) is 0 Å². The summed E-state index contributed by atoms with van der Waals surface area (Å²) in [5.41, 5.74) is 4.93. The van der Waals surface area contributed by atoms with Crippen LogP contribution in [-0.2, 0) is 11.3 Å². The second kappa shape index (κ2) is 9.20. The second-order valence-corrected chi connectivity index (χ2v) is 8.81. The van der Waals surface area contributed by atoms with Gasteiger partial charge in [-0.3, -0.25) is 4.98 Å². The van der Waals surface area contributed by atoms with Crippen LogP contribution < -0.4 is 9.64 Å². The van der Waals surface area contributed by atoms with Gasteiger partial charge in [0.2, 0.25) is 0 Å². The van der Waals surface area contributed by atoms with Crippen LogP contribution in [0.15, 0.2) is 72.8 Å². The number of fused-ring (bicyclic) bond motifs is 1. The number of anilines is 1. The molecule has 2 aromatic carbocycles. The monoisotopic (exact) mass is 439 g/mol. The van der Waals surface area contributed by atoms with Crippen molar-refractivity contribution in [3.8, 4) is 17.0 Å².